The third-order valence-electron chi connectivity index (χ3n) is 5.75. The molecule has 1 heterocycles. The van der Waals surface area contributed by atoms with Crippen LogP contribution >= 0.6 is 11.6 Å². The van der Waals surface area contributed by atoms with Crippen molar-refractivity contribution >= 4 is 40.4 Å². The molecule has 31 heavy (non-hydrogen) atoms. The van der Waals surface area contributed by atoms with Crippen molar-refractivity contribution in [1.82, 2.24) is 0 Å². The fourth-order valence-electron chi connectivity index (χ4n) is 3.63. The number of nitrogens with zero attached hydrogens (tertiary/aromatic N) is 1. The first kappa shape index (κ1) is 20.9. The largest absolute Gasteiger partial charge is 0.350 e. The molecule has 0 spiro atoms. The summed E-state index contributed by atoms with van der Waals surface area (Å²) in [6.07, 6.45) is 0. The molecule has 0 saturated carbocycles. The standard InChI is InChI=1S/C26H23ClN2O2/c1-15-9-11-19(13-17(15)3)23-24(28-20-12-10-16(2)18(4)14-20)26(31)29(25(23)30)22-8-6-5-7-21(22)27/h5-14,28H,1-4H3. The van der Waals surface area contributed by atoms with Crippen LogP contribution in [-0.2, 0) is 9.59 Å². The fraction of sp³-hybridized carbons (Fsp3) is 0.154. The molecule has 5 heteroatoms. The summed E-state index contributed by atoms with van der Waals surface area (Å²) in [4.78, 5) is 28.2. The second kappa shape index (κ2) is 8.05. The minimum atomic E-state index is -0.426. The van der Waals surface area contributed by atoms with Gasteiger partial charge in [0.05, 0.1) is 16.3 Å². The fourth-order valence-corrected chi connectivity index (χ4v) is 3.85. The number of hydrogen-bond donors (Lipinski definition) is 1. The van der Waals surface area contributed by atoms with Gasteiger partial charge in [0, 0.05) is 5.69 Å². The Kier molecular flexibility index (Phi) is 5.42. The summed E-state index contributed by atoms with van der Waals surface area (Å²) < 4.78 is 0. The number of anilines is 2. The highest BCUT2D eigenvalue weighted by atomic mass is 35.5. The molecule has 0 bridgehead atoms. The summed E-state index contributed by atoms with van der Waals surface area (Å²) in [6, 6.07) is 18.5. The van der Waals surface area contributed by atoms with E-state index in [-0.39, 0.29) is 5.70 Å². The molecule has 0 radical (unpaired) electrons. The van der Waals surface area contributed by atoms with Gasteiger partial charge >= 0.3 is 0 Å². The zero-order valence-electron chi connectivity index (χ0n) is 17.9. The Hall–Kier alpha value is -3.37. The van der Waals surface area contributed by atoms with Crippen LogP contribution in [0, 0.1) is 27.7 Å². The molecule has 0 aromatic heterocycles. The van der Waals surface area contributed by atoms with Crippen LogP contribution < -0.4 is 10.2 Å². The Bertz CT molecular complexity index is 1260. The van der Waals surface area contributed by atoms with Crippen molar-refractivity contribution in [2.45, 2.75) is 27.7 Å². The van der Waals surface area contributed by atoms with E-state index in [2.05, 4.69) is 5.32 Å². The number of halogens is 1. The first-order chi connectivity index (χ1) is 14.8. The van der Waals surface area contributed by atoms with Gasteiger partial charge < -0.3 is 5.32 Å². The van der Waals surface area contributed by atoms with Crippen LogP contribution in [-0.4, -0.2) is 11.8 Å². The van der Waals surface area contributed by atoms with Gasteiger partial charge in [-0.15, -0.1) is 0 Å². The Balaban J connectivity index is 1.87. The average Bonchev–Trinajstić information content (AvgIpc) is 2.97. The Morgan fingerprint density at radius 2 is 1.39 bits per heavy atom. The van der Waals surface area contributed by atoms with Crippen LogP contribution in [0.1, 0.15) is 27.8 Å². The number of imide groups is 1. The van der Waals surface area contributed by atoms with Crippen LogP contribution in [0.25, 0.3) is 5.57 Å². The SMILES string of the molecule is Cc1ccc(NC2=C(c3ccc(C)c(C)c3)C(=O)N(c3ccccc3Cl)C2=O)cc1C. The van der Waals surface area contributed by atoms with E-state index in [4.69, 9.17) is 11.6 Å². The van der Waals surface area contributed by atoms with Gasteiger partial charge in [0.1, 0.15) is 5.70 Å². The van der Waals surface area contributed by atoms with E-state index < -0.39 is 11.8 Å². The number of hydrogen-bond acceptors (Lipinski definition) is 3. The van der Waals surface area contributed by atoms with Crippen molar-refractivity contribution in [3.8, 4) is 0 Å². The lowest BCUT2D eigenvalue weighted by Gasteiger charge is -2.17. The van der Waals surface area contributed by atoms with E-state index in [1.165, 1.54) is 0 Å². The van der Waals surface area contributed by atoms with Crippen LogP contribution in [0.5, 0.6) is 0 Å². The van der Waals surface area contributed by atoms with Gasteiger partial charge in [-0.25, -0.2) is 4.90 Å². The average molecular weight is 431 g/mol. The number of aryl methyl sites for hydroxylation is 4. The van der Waals surface area contributed by atoms with Gasteiger partial charge in [0.2, 0.25) is 0 Å². The zero-order valence-corrected chi connectivity index (χ0v) is 18.7. The maximum Gasteiger partial charge on any atom is 0.282 e. The van der Waals surface area contributed by atoms with Crippen molar-refractivity contribution in [3.05, 3.63) is 99.2 Å². The van der Waals surface area contributed by atoms with E-state index in [0.29, 0.717) is 21.8 Å². The Morgan fingerprint density at radius 3 is 2.03 bits per heavy atom. The van der Waals surface area contributed by atoms with E-state index in [0.717, 1.165) is 32.8 Å². The molecule has 3 aromatic rings. The lowest BCUT2D eigenvalue weighted by atomic mass is 9.99. The topological polar surface area (TPSA) is 49.4 Å². The Morgan fingerprint density at radius 1 is 0.742 bits per heavy atom. The molecular formula is C26H23ClN2O2. The normalized spacial score (nSPS) is 13.9. The first-order valence-electron chi connectivity index (χ1n) is 10.1. The molecule has 1 N–H and O–H groups in total. The summed E-state index contributed by atoms with van der Waals surface area (Å²) in [5.41, 5.74) is 6.82. The molecular weight excluding hydrogens is 408 g/mol. The lowest BCUT2D eigenvalue weighted by Crippen LogP contribution is -2.32. The van der Waals surface area contributed by atoms with Crippen molar-refractivity contribution in [3.63, 3.8) is 0 Å². The van der Waals surface area contributed by atoms with E-state index in [9.17, 15) is 9.59 Å². The summed E-state index contributed by atoms with van der Waals surface area (Å²) in [5.74, 6) is -0.822. The van der Waals surface area contributed by atoms with Gasteiger partial charge in [-0.05, 0) is 79.8 Å². The minimum absolute atomic E-state index is 0.247. The van der Waals surface area contributed by atoms with Crippen molar-refractivity contribution in [2.24, 2.45) is 0 Å². The predicted octanol–water partition coefficient (Wildman–Crippen LogP) is 5.97. The molecule has 4 rings (SSSR count). The summed E-state index contributed by atoms with van der Waals surface area (Å²) in [5, 5.41) is 3.56. The number of nitrogens with one attached hydrogen (secondary N) is 1. The Labute approximate surface area is 187 Å². The second-order valence-electron chi connectivity index (χ2n) is 7.87. The number of para-hydroxylation sites is 1. The van der Waals surface area contributed by atoms with Gasteiger partial charge in [0.15, 0.2) is 0 Å². The van der Waals surface area contributed by atoms with Gasteiger partial charge in [-0.3, -0.25) is 9.59 Å². The summed E-state index contributed by atoms with van der Waals surface area (Å²) >= 11 is 6.34. The van der Waals surface area contributed by atoms with Gasteiger partial charge in [-0.1, -0.05) is 48.0 Å². The molecule has 156 valence electrons. The molecule has 0 aliphatic carbocycles. The molecule has 0 fully saturated rings. The highest BCUT2D eigenvalue weighted by Gasteiger charge is 2.41. The smallest absolute Gasteiger partial charge is 0.282 e. The van der Waals surface area contributed by atoms with Crippen molar-refractivity contribution in [1.29, 1.82) is 0 Å². The minimum Gasteiger partial charge on any atom is -0.350 e. The molecule has 1 aliphatic rings. The quantitative estimate of drug-likeness (QED) is 0.518. The monoisotopic (exact) mass is 430 g/mol. The molecule has 3 aromatic carbocycles. The maximum atomic E-state index is 13.5. The molecule has 0 atom stereocenters. The molecule has 1 aliphatic heterocycles. The summed E-state index contributed by atoms with van der Waals surface area (Å²) in [7, 11) is 0. The highest BCUT2D eigenvalue weighted by molar-refractivity contribution is 6.48. The van der Waals surface area contributed by atoms with Crippen molar-refractivity contribution < 1.29 is 9.59 Å². The third-order valence-corrected chi connectivity index (χ3v) is 6.07. The first-order valence-corrected chi connectivity index (χ1v) is 10.4. The molecule has 2 amide bonds. The van der Waals surface area contributed by atoms with E-state index >= 15 is 0 Å². The number of carbonyl (C=O) groups is 2. The van der Waals surface area contributed by atoms with E-state index in [1.54, 1.807) is 24.3 Å². The molecule has 0 saturated heterocycles. The molecule has 4 nitrogen and oxygen atoms in total. The lowest BCUT2D eigenvalue weighted by molar-refractivity contribution is -0.120. The maximum absolute atomic E-state index is 13.5. The van der Waals surface area contributed by atoms with Crippen molar-refractivity contribution in [2.75, 3.05) is 10.2 Å². The number of carbonyl (C=O) groups excluding carboxylic acids is 2. The van der Waals surface area contributed by atoms with Gasteiger partial charge in [-0.2, -0.15) is 0 Å². The van der Waals surface area contributed by atoms with Crippen LogP contribution in [0.15, 0.2) is 66.4 Å². The third kappa shape index (κ3) is 3.75. The highest BCUT2D eigenvalue weighted by Crippen LogP contribution is 2.37. The predicted molar refractivity (Wildman–Crippen MR) is 126 cm³/mol. The number of rotatable bonds is 4. The van der Waals surface area contributed by atoms with Crippen LogP contribution in [0.4, 0.5) is 11.4 Å². The van der Waals surface area contributed by atoms with Gasteiger partial charge in [0.25, 0.3) is 11.8 Å². The zero-order chi connectivity index (χ0) is 22.3. The molecule has 0 unspecified atom stereocenters. The van der Waals surface area contributed by atoms with Crippen LogP contribution in [0.2, 0.25) is 5.02 Å². The number of benzene rings is 3. The van der Waals surface area contributed by atoms with Crippen LogP contribution in [0.3, 0.4) is 0 Å². The number of amides is 2. The van der Waals surface area contributed by atoms with E-state index in [1.807, 2.05) is 64.1 Å². The second-order valence-corrected chi connectivity index (χ2v) is 8.28. The summed E-state index contributed by atoms with van der Waals surface area (Å²) in [6.45, 7) is 8.04.